The quantitative estimate of drug-likeness (QED) is 0.816. The highest BCUT2D eigenvalue weighted by molar-refractivity contribution is 5.98. The smallest absolute Gasteiger partial charge is 0.230 e. The average Bonchev–Trinajstić information content (AvgIpc) is 2.91. The summed E-state index contributed by atoms with van der Waals surface area (Å²) < 4.78 is 13.1. The van der Waals surface area contributed by atoms with Gasteiger partial charge in [0.2, 0.25) is 5.91 Å². The Balaban J connectivity index is 2.24. The maximum atomic E-state index is 13.1. The third-order valence-corrected chi connectivity index (χ3v) is 3.28. The van der Waals surface area contributed by atoms with E-state index in [9.17, 15) is 9.18 Å². The molecule has 2 rings (SSSR count). The summed E-state index contributed by atoms with van der Waals surface area (Å²) >= 11 is 0. The van der Waals surface area contributed by atoms with Gasteiger partial charge >= 0.3 is 0 Å². The maximum absolute atomic E-state index is 13.1. The number of carbonyl (C=O) groups is 1. The molecular weight excluding hydrogens is 205 g/mol. The van der Waals surface area contributed by atoms with Gasteiger partial charge in [-0.1, -0.05) is 6.92 Å². The normalized spacial score (nSPS) is 17.0. The third kappa shape index (κ3) is 1.94. The van der Waals surface area contributed by atoms with Crippen molar-refractivity contribution < 1.29 is 9.18 Å². The molecule has 1 aromatic carbocycles. The number of hydrogen-bond donors (Lipinski definition) is 1. The minimum absolute atomic E-state index is 0.0466. The molecular formula is C13H16FNO. The summed E-state index contributed by atoms with van der Waals surface area (Å²) in [6, 6.07) is 2.88. The Morgan fingerprint density at radius 1 is 1.31 bits per heavy atom. The van der Waals surface area contributed by atoms with Crippen molar-refractivity contribution in [1.82, 2.24) is 0 Å². The van der Waals surface area contributed by atoms with Gasteiger partial charge in [0.1, 0.15) is 5.82 Å². The summed E-state index contributed by atoms with van der Waals surface area (Å²) in [6.07, 6.45) is 1.89. The number of rotatable bonds is 2. The molecule has 0 heterocycles. The van der Waals surface area contributed by atoms with Crippen LogP contribution >= 0.6 is 0 Å². The molecule has 1 aliphatic rings. The minimum atomic E-state index is -0.259. The maximum Gasteiger partial charge on any atom is 0.230 e. The SMILES string of the molecule is Cc1cc(F)cc(C)c1NC(=O)C1(C)CC1. The van der Waals surface area contributed by atoms with E-state index in [1.165, 1.54) is 12.1 Å². The Kier molecular flexibility index (Phi) is 2.49. The minimum Gasteiger partial charge on any atom is -0.325 e. The van der Waals surface area contributed by atoms with Gasteiger partial charge in [-0.15, -0.1) is 0 Å². The fraction of sp³-hybridized carbons (Fsp3) is 0.462. The summed E-state index contributed by atoms with van der Waals surface area (Å²) in [7, 11) is 0. The van der Waals surface area contributed by atoms with E-state index in [0.717, 1.165) is 29.7 Å². The van der Waals surface area contributed by atoms with Crippen molar-refractivity contribution in [3.05, 3.63) is 29.1 Å². The molecule has 0 saturated heterocycles. The van der Waals surface area contributed by atoms with Gasteiger partial charge in [-0.25, -0.2) is 4.39 Å². The fourth-order valence-electron chi connectivity index (χ4n) is 1.79. The second-order valence-electron chi connectivity index (χ2n) is 4.93. The van der Waals surface area contributed by atoms with Crippen LogP contribution in [-0.4, -0.2) is 5.91 Å². The number of anilines is 1. The van der Waals surface area contributed by atoms with Gasteiger partial charge < -0.3 is 5.32 Å². The summed E-state index contributed by atoms with van der Waals surface area (Å²) in [5.74, 6) is -0.212. The highest BCUT2D eigenvalue weighted by Crippen LogP contribution is 2.46. The van der Waals surface area contributed by atoms with E-state index in [2.05, 4.69) is 5.32 Å². The van der Waals surface area contributed by atoms with Crippen LogP contribution in [0.3, 0.4) is 0 Å². The van der Waals surface area contributed by atoms with E-state index < -0.39 is 0 Å². The lowest BCUT2D eigenvalue weighted by Crippen LogP contribution is -2.22. The molecule has 0 unspecified atom stereocenters. The van der Waals surface area contributed by atoms with Crippen LogP contribution in [0.5, 0.6) is 0 Å². The molecule has 1 aromatic rings. The largest absolute Gasteiger partial charge is 0.325 e. The first-order chi connectivity index (χ1) is 7.42. The van der Waals surface area contributed by atoms with Crippen molar-refractivity contribution in [2.24, 2.45) is 5.41 Å². The highest BCUT2D eigenvalue weighted by atomic mass is 19.1. The van der Waals surface area contributed by atoms with Crippen molar-refractivity contribution in [2.45, 2.75) is 33.6 Å². The van der Waals surface area contributed by atoms with Crippen molar-refractivity contribution in [3.63, 3.8) is 0 Å². The summed E-state index contributed by atoms with van der Waals surface area (Å²) in [4.78, 5) is 11.9. The highest BCUT2D eigenvalue weighted by Gasteiger charge is 2.45. The molecule has 0 radical (unpaired) electrons. The molecule has 1 aliphatic carbocycles. The van der Waals surface area contributed by atoms with Crippen LogP contribution < -0.4 is 5.32 Å². The Hall–Kier alpha value is -1.38. The second-order valence-corrected chi connectivity index (χ2v) is 4.93. The first-order valence-corrected chi connectivity index (χ1v) is 5.50. The van der Waals surface area contributed by atoms with Crippen LogP contribution in [0.15, 0.2) is 12.1 Å². The predicted octanol–water partition coefficient (Wildman–Crippen LogP) is 3.18. The molecule has 0 spiro atoms. The van der Waals surface area contributed by atoms with Crippen LogP contribution in [0.25, 0.3) is 0 Å². The van der Waals surface area contributed by atoms with Gasteiger partial charge in [-0.05, 0) is 49.9 Å². The average molecular weight is 221 g/mol. The Bertz CT molecular complexity index is 426. The summed E-state index contributed by atoms with van der Waals surface area (Å²) in [5.41, 5.74) is 2.09. The van der Waals surface area contributed by atoms with Crippen LogP contribution in [-0.2, 0) is 4.79 Å². The zero-order chi connectivity index (χ0) is 11.9. The monoisotopic (exact) mass is 221 g/mol. The number of benzene rings is 1. The van der Waals surface area contributed by atoms with Gasteiger partial charge in [0.05, 0.1) is 0 Å². The zero-order valence-electron chi connectivity index (χ0n) is 9.86. The molecule has 0 aliphatic heterocycles. The topological polar surface area (TPSA) is 29.1 Å². The van der Waals surface area contributed by atoms with E-state index in [4.69, 9.17) is 0 Å². The van der Waals surface area contributed by atoms with Crippen molar-refractivity contribution in [2.75, 3.05) is 5.32 Å². The lowest BCUT2D eigenvalue weighted by atomic mass is 10.1. The first kappa shape index (κ1) is 11.1. The molecule has 0 bridgehead atoms. The molecule has 1 fully saturated rings. The zero-order valence-corrected chi connectivity index (χ0v) is 9.86. The van der Waals surface area contributed by atoms with E-state index in [0.29, 0.717) is 0 Å². The molecule has 1 amide bonds. The van der Waals surface area contributed by atoms with E-state index in [-0.39, 0.29) is 17.1 Å². The third-order valence-electron chi connectivity index (χ3n) is 3.28. The molecule has 1 saturated carbocycles. The number of carbonyl (C=O) groups excluding carboxylic acids is 1. The summed E-state index contributed by atoms with van der Waals surface area (Å²) in [5, 5.41) is 2.90. The molecule has 86 valence electrons. The number of halogens is 1. The van der Waals surface area contributed by atoms with Crippen molar-refractivity contribution >= 4 is 11.6 Å². The van der Waals surface area contributed by atoms with E-state index >= 15 is 0 Å². The van der Waals surface area contributed by atoms with Crippen LogP contribution in [0, 0.1) is 25.1 Å². The number of hydrogen-bond acceptors (Lipinski definition) is 1. The fourth-order valence-corrected chi connectivity index (χ4v) is 1.79. The van der Waals surface area contributed by atoms with Crippen LogP contribution in [0.1, 0.15) is 30.9 Å². The lowest BCUT2D eigenvalue weighted by Gasteiger charge is -2.14. The van der Waals surface area contributed by atoms with Gasteiger partial charge in [-0.3, -0.25) is 4.79 Å². The molecule has 0 atom stereocenters. The van der Waals surface area contributed by atoms with Crippen molar-refractivity contribution in [3.8, 4) is 0 Å². The van der Waals surface area contributed by atoms with Gasteiger partial charge in [-0.2, -0.15) is 0 Å². The number of amides is 1. The molecule has 3 heteroatoms. The second kappa shape index (κ2) is 3.58. The lowest BCUT2D eigenvalue weighted by molar-refractivity contribution is -0.120. The molecule has 16 heavy (non-hydrogen) atoms. The molecule has 2 nitrogen and oxygen atoms in total. The van der Waals surface area contributed by atoms with E-state index in [1.54, 1.807) is 13.8 Å². The predicted molar refractivity (Wildman–Crippen MR) is 61.8 cm³/mol. The van der Waals surface area contributed by atoms with Gasteiger partial charge in [0, 0.05) is 11.1 Å². The van der Waals surface area contributed by atoms with Crippen LogP contribution in [0.4, 0.5) is 10.1 Å². The summed E-state index contributed by atoms with van der Waals surface area (Å²) in [6.45, 7) is 5.57. The van der Waals surface area contributed by atoms with Crippen molar-refractivity contribution in [1.29, 1.82) is 0 Å². The first-order valence-electron chi connectivity index (χ1n) is 5.50. The standard InChI is InChI=1S/C13H16FNO/c1-8-6-10(14)7-9(2)11(8)15-12(16)13(3)4-5-13/h6-7H,4-5H2,1-3H3,(H,15,16). The number of nitrogens with one attached hydrogen (secondary N) is 1. The molecule has 0 aromatic heterocycles. The number of aryl methyl sites for hydroxylation is 2. The van der Waals surface area contributed by atoms with Crippen LogP contribution in [0.2, 0.25) is 0 Å². The van der Waals surface area contributed by atoms with E-state index in [1.807, 2.05) is 6.92 Å². The Morgan fingerprint density at radius 3 is 2.25 bits per heavy atom. The van der Waals surface area contributed by atoms with Gasteiger partial charge in [0.15, 0.2) is 0 Å². The Labute approximate surface area is 94.9 Å². The molecule has 1 N–H and O–H groups in total. The Morgan fingerprint density at radius 2 is 1.81 bits per heavy atom. The van der Waals surface area contributed by atoms with Gasteiger partial charge in [0.25, 0.3) is 0 Å².